The van der Waals surface area contributed by atoms with Gasteiger partial charge in [0.2, 0.25) is 0 Å². The van der Waals surface area contributed by atoms with Gasteiger partial charge in [0.25, 0.3) is 0 Å². The Morgan fingerprint density at radius 1 is 1.46 bits per heavy atom. The third-order valence-electron chi connectivity index (χ3n) is 1.29. The molecule has 13 heavy (non-hydrogen) atoms. The van der Waals surface area contributed by atoms with Crippen LogP contribution in [-0.4, -0.2) is 23.7 Å². The molecule has 4 heteroatoms. The van der Waals surface area contributed by atoms with Gasteiger partial charge in [-0.3, -0.25) is 4.79 Å². The number of carbonyl (C=O) groups is 2. The molecule has 0 saturated heterocycles. The van der Waals surface area contributed by atoms with Crippen LogP contribution in [0.15, 0.2) is 12.2 Å². The van der Waals surface area contributed by atoms with Gasteiger partial charge in [-0.1, -0.05) is 19.4 Å². The molecule has 0 aliphatic heterocycles. The molecule has 0 radical (unpaired) electrons. The average molecular weight is 186 g/mol. The van der Waals surface area contributed by atoms with Crippen LogP contribution in [0.25, 0.3) is 0 Å². The van der Waals surface area contributed by atoms with Crippen LogP contribution in [0.1, 0.15) is 26.2 Å². The largest absolute Gasteiger partial charge is 0.481 e. The molecule has 0 amide bonds. The molecule has 0 bridgehead atoms. The van der Waals surface area contributed by atoms with Crippen LogP contribution >= 0.6 is 0 Å². The van der Waals surface area contributed by atoms with Crippen molar-refractivity contribution < 1.29 is 19.4 Å². The van der Waals surface area contributed by atoms with Gasteiger partial charge in [0.1, 0.15) is 0 Å². The van der Waals surface area contributed by atoms with Crippen molar-refractivity contribution in [3.05, 3.63) is 12.2 Å². The Hall–Kier alpha value is -1.32. The summed E-state index contributed by atoms with van der Waals surface area (Å²) in [5.41, 5.74) is 0. The molecule has 1 N–H and O–H groups in total. The van der Waals surface area contributed by atoms with E-state index in [-0.39, 0.29) is 6.42 Å². The molecule has 0 aliphatic rings. The van der Waals surface area contributed by atoms with Crippen molar-refractivity contribution in [2.45, 2.75) is 26.2 Å². The zero-order valence-electron chi connectivity index (χ0n) is 7.66. The van der Waals surface area contributed by atoms with Crippen LogP contribution in [0.4, 0.5) is 0 Å². The molecule has 74 valence electrons. The molecule has 4 nitrogen and oxygen atoms in total. The van der Waals surface area contributed by atoms with E-state index in [4.69, 9.17) is 9.84 Å². The first kappa shape index (κ1) is 11.7. The maximum absolute atomic E-state index is 10.8. The SMILES string of the molecule is CCCCOC(=O)/C=C/CC(=O)O. The number of carboxylic acid groups (broad SMARTS) is 1. The molecule has 0 aliphatic carbocycles. The first-order valence-corrected chi connectivity index (χ1v) is 4.22. The summed E-state index contributed by atoms with van der Waals surface area (Å²) in [5.74, 6) is -1.44. The molecule has 0 atom stereocenters. The molecule has 0 aromatic carbocycles. The predicted octanol–water partition coefficient (Wildman–Crippen LogP) is 1.36. The lowest BCUT2D eigenvalue weighted by atomic mass is 10.3. The Kier molecular flexibility index (Phi) is 6.59. The molecule has 0 fully saturated rings. The van der Waals surface area contributed by atoms with Crippen LogP contribution in [0, 0.1) is 0 Å². The summed E-state index contributed by atoms with van der Waals surface area (Å²) in [6.07, 6.45) is 4.06. The second-order valence-electron chi connectivity index (χ2n) is 2.52. The number of aliphatic carboxylic acids is 1. The number of hydrogen-bond acceptors (Lipinski definition) is 3. The molecule has 0 heterocycles. The lowest BCUT2D eigenvalue weighted by molar-refractivity contribution is -0.137. The molecular formula is C9H14O4. The van der Waals surface area contributed by atoms with Crippen molar-refractivity contribution in [3.8, 4) is 0 Å². The van der Waals surface area contributed by atoms with Crippen molar-refractivity contribution in [1.29, 1.82) is 0 Å². The molecule has 0 unspecified atom stereocenters. The second-order valence-corrected chi connectivity index (χ2v) is 2.52. The normalized spacial score (nSPS) is 10.2. The number of rotatable bonds is 6. The Labute approximate surface area is 77.2 Å². The van der Waals surface area contributed by atoms with Crippen LogP contribution < -0.4 is 0 Å². The highest BCUT2D eigenvalue weighted by Gasteiger charge is 1.96. The minimum atomic E-state index is -0.961. The van der Waals surface area contributed by atoms with Gasteiger partial charge in [-0.15, -0.1) is 0 Å². The predicted molar refractivity (Wildman–Crippen MR) is 47.3 cm³/mol. The fraction of sp³-hybridized carbons (Fsp3) is 0.556. The Morgan fingerprint density at radius 2 is 2.15 bits per heavy atom. The highest BCUT2D eigenvalue weighted by Crippen LogP contribution is 1.90. The lowest BCUT2D eigenvalue weighted by Crippen LogP contribution is -2.02. The molecule has 0 aromatic heterocycles. The summed E-state index contributed by atoms with van der Waals surface area (Å²) >= 11 is 0. The van der Waals surface area contributed by atoms with Gasteiger partial charge in [0, 0.05) is 6.08 Å². The minimum absolute atomic E-state index is 0.150. The van der Waals surface area contributed by atoms with Gasteiger partial charge in [0.05, 0.1) is 13.0 Å². The van der Waals surface area contributed by atoms with Crippen LogP contribution in [0.2, 0.25) is 0 Å². The zero-order valence-corrected chi connectivity index (χ0v) is 7.66. The Morgan fingerprint density at radius 3 is 2.69 bits per heavy atom. The van der Waals surface area contributed by atoms with E-state index in [0.29, 0.717) is 6.61 Å². The minimum Gasteiger partial charge on any atom is -0.481 e. The van der Waals surface area contributed by atoms with Gasteiger partial charge in [-0.25, -0.2) is 4.79 Å². The first-order valence-electron chi connectivity index (χ1n) is 4.22. The summed E-state index contributed by atoms with van der Waals surface area (Å²) in [6, 6.07) is 0. The van der Waals surface area contributed by atoms with E-state index in [2.05, 4.69) is 0 Å². The third-order valence-corrected chi connectivity index (χ3v) is 1.29. The molecule has 0 spiro atoms. The van der Waals surface area contributed by atoms with E-state index >= 15 is 0 Å². The van der Waals surface area contributed by atoms with E-state index in [1.807, 2.05) is 6.92 Å². The zero-order chi connectivity index (χ0) is 10.1. The van der Waals surface area contributed by atoms with Crippen molar-refractivity contribution >= 4 is 11.9 Å². The van der Waals surface area contributed by atoms with Gasteiger partial charge in [-0.05, 0) is 6.42 Å². The quantitative estimate of drug-likeness (QED) is 0.386. The smallest absolute Gasteiger partial charge is 0.330 e. The number of esters is 1. The van der Waals surface area contributed by atoms with Gasteiger partial charge in [-0.2, -0.15) is 0 Å². The summed E-state index contributed by atoms with van der Waals surface area (Å²) in [7, 11) is 0. The third kappa shape index (κ3) is 8.59. The molecule has 0 aromatic rings. The van der Waals surface area contributed by atoms with E-state index < -0.39 is 11.9 Å². The topological polar surface area (TPSA) is 63.6 Å². The fourth-order valence-corrected chi connectivity index (χ4v) is 0.621. The average Bonchev–Trinajstić information content (AvgIpc) is 2.04. The number of ether oxygens (including phenoxy) is 1. The summed E-state index contributed by atoms with van der Waals surface area (Å²) in [5, 5.41) is 8.24. The molecule has 0 saturated carbocycles. The van der Waals surface area contributed by atoms with E-state index in [1.165, 1.54) is 6.08 Å². The van der Waals surface area contributed by atoms with Crippen molar-refractivity contribution in [2.75, 3.05) is 6.61 Å². The van der Waals surface area contributed by atoms with E-state index in [1.54, 1.807) is 0 Å². The van der Waals surface area contributed by atoms with Crippen LogP contribution in [-0.2, 0) is 14.3 Å². The highest BCUT2D eigenvalue weighted by atomic mass is 16.5. The summed E-state index contributed by atoms with van der Waals surface area (Å²) in [4.78, 5) is 20.8. The summed E-state index contributed by atoms with van der Waals surface area (Å²) < 4.78 is 4.75. The van der Waals surface area contributed by atoms with Crippen molar-refractivity contribution in [1.82, 2.24) is 0 Å². The standard InChI is InChI=1S/C9H14O4/c1-2-3-7-13-9(12)6-4-5-8(10)11/h4,6H,2-3,5,7H2,1H3,(H,10,11)/b6-4+. The molecule has 0 rings (SSSR count). The number of hydrogen-bond donors (Lipinski definition) is 1. The summed E-state index contributed by atoms with van der Waals surface area (Å²) in [6.45, 7) is 2.39. The number of unbranched alkanes of at least 4 members (excludes halogenated alkanes) is 1. The van der Waals surface area contributed by atoms with Crippen LogP contribution in [0.5, 0.6) is 0 Å². The van der Waals surface area contributed by atoms with Crippen molar-refractivity contribution in [3.63, 3.8) is 0 Å². The maximum atomic E-state index is 10.8. The Bertz CT molecular complexity index is 196. The number of carboxylic acids is 1. The fourth-order valence-electron chi connectivity index (χ4n) is 0.621. The maximum Gasteiger partial charge on any atom is 0.330 e. The van der Waals surface area contributed by atoms with E-state index in [0.717, 1.165) is 18.9 Å². The lowest BCUT2D eigenvalue weighted by Gasteiger charge is -1.98. The van der Waals surface area contributed by atoms with Crippen LogP contribution in [0.3, 0.4) is 0 Å². The highest BCUT2D eigenvalue weighted by molar-refractivity contribution is 5.82. The monoisotopic (exact) mass is 186 g/mol. The van der Waals surface area contributed by atoms with Gasteiger partial charge < -0.3 is 9.84 Å². The first-order chi connectivity index (χ1) is 6.16. The van der Waals surface area contributed by atoms with Gasteiger partial charge >= 0.3 is 11.9 Å². The van der Waals surface area contributed by atoms with Gasteiger partial charge in [0.15, 0.2) is 0 Å². The second kappa shape index (κ2) is 7.34. The van der Waals surface area contributed by atoms with Crippen molar-refractivity contribution in [2.24, 2.45) is 0 Å². The van der Waals surface area contributed by atoms with E-state index in [9.17, 15) is 9.59 Å². The number of carbonyl (C=O) groups excluding carboxylic acids is 1. The Balaban J connectivity index is 3.49. The molecular weight excluding hydrogens is 172 g/mol.